The Balaban J connectivity index is 1.66. The van der Waals surface area contributed by atoms with Crippen LogP contribution in [0.5, 0.6) is 23.0 Å². The quantitative estimate of drug-likeness (QED) is 0.135. The number of hydrogen-bond donors (Lipinski definition) is 0. The molecule has 0 aliphatic heterocycles. The summed E-state index contributed by atoms with van der Waals surface area (Å²) in [5.41, 5.74) is 0.759. The van der Waals surface area contributed by atoms with E-state index in [1.54, 1.807) is 0 Å². The number of esters is 2. The van der Waals surface area contributed by atoms with Gasteiger partial charge in [0.1, 0.15) is 12.2 Å². The maximum atomic E-state index is 12.7. The van der Waals surface area contributed by atoms with Crippen molar-refractivity contribution in [3.05, 3.63) is 59.7 Å². The van der Waals surface area contributed by atoms with E-state index in [9.17, 15) is 28.8 Å². The molecule has 0 N–H and O–H groups in total. The molecule has 3 rings (SSSR count). The summed E-state index contributed by atoms with van der Waals surface area (Å²) in [6.07, 6.45) is 1.72. The van der Waals surface area contributed by atoms with Crippen molar-refractivity contribution in [2.45, 2.75) is 37.9 Å². The molecule has 256 valence electrons. The highest BCUT2D eigenvalue weighted by molar-refractivity contribution is 5.88. The Hall–Kier alpha value is -6.06. The van der Waals surface area contributed by atoms with Crippen molar-refractivity contribution in [1.29, 1.82) is 0 Å². The zero-order valence-corrected chi connectivity index (χ0v) is 26.3. The van der Waals surface area contributed by atoms with E-state index in [0.717, 1.165) is 53.4 Å². The lowest BCUT2D eigenvalue weighted by molar-refractivity contribution is -0.165. The monoisotopic (exact) mass is 672 g/mol. The van der Waals surface area contributed by atoms with Crippen molar-refractivity contribution in [3.63, 3.8) is 0 Å². The molecule has 2 aromatic rings. The topological polar surface area (TPSA) is 195 Å². The molecule has 0 heterocycles. The first-order chi connectivity index (χ1) is 23.0. The van der Waals surface area contributed by atoms with Crippen LogP contribution in [0.3, 0.4) is 0 Å². The molecular weight excluding hydrogens is 640 g/mol. The van der Waals surface area contributed by atoms with Gasteiger partial charge >= 0.3 is 36.6 Å². The second-order valence-electron chi connectivity index (χ2n) is 9.54. The number of benzene rings is 2. The van der Waals surface area contributed by atoms with Crippen molar-refractivity contribution in [3.8, 4) is 23.0 Å². The van der Waals surface area contributed by atoms with E-state index in [0.29, 0.717) is 24.0 Å². The molecule has 0 saturated heterocycles. The van der Waals surface area contributed by atoms with Gasteiger partial charge in [-0.05, 0) is 73.2 Å². The Morgan fingerprint density at radius 3 is 1.19 bits per heavy atom. The van der Waals surface area contributed by atoms with E-state index in [1.165, 1.54) is 48.6 Å². The summed E-state index contributed by atoms with van der Waals surface area (Å²) in [5, 5.41) is 0. The third kappa shape index (κ3) is 11.4. The third-order valence-electron chi connectivity index (χ3n) is 6.38. The molecule has 0 radical (unpaired) electrons. The van der Waals surface area contributed by atoms with Gasteiger partial charge in [-0.1, -0.05) is 12.1 Å². The van der Waals surface area contributed by atoms with Crippen LogP contribution >= 0.6 is 0 Å². The summed E-state index contributed by atoms with van der Waals surface area (Å²) in [5.74, 6) is -2.06. The highest BCUT2D eigenvalue weighted by Crippen LogP contribution is 2.31. The van der Waals surface area contributed by atoms with Gasteiger partial charge in [0.2, 0.25) is 0 Å². The Morgan fingerprint density at radius 1 is 0.521 bits per heavy atom. The fourth-order valence-corrected chi connectivity index (χ4v) is 4.15. The summed E-state index contributed by atoms with van der Waals surface area (Å²) in [4.78, 5) is 71.7. The van der Waals surface area contributed by atoms with Crippen molar-refractivity contribution < 1.29 is 76.1 Å². The van der Waals surface area contributed by atoms with Crippen LogP contribution in [0.25, 0.3) is 12.2 Å². The zero-order chi connectivity index (χ0) is 35.1. The van der Waals surface area contributed by atoms with Gasteiger partial charge < -0.3 is 47.4 Å². The van der Waals surface area contributed by atoms with E-state index in [2.05, 4.69) is 18.9 Å². The number of ether oxygens (including phenoxy) is 10. The Kier molecular flexibility index (Phi) is 13.8. The van der Waals surface area contributed by atoms with E-state index in [4.69, 9.17) is 28.4 Å². The normalized spacial score (nSPS) is 15.5. The molecule has 16 heteroatoms. The number of rotatable bonds is 10. The standard InChI is InChI=1S/C32H32O16/c1-39-29(35)45-23-13-9-19(17-25(23)47-31(37)41-3)11-15-27(33)43-21-7-5-6-8-22(21)44-28(34)16-12-20-10-14-24(46-30(36)40-2)26(18-20)48-32(38)42-4/h9-18,21-22H,5-8H2,1-4H3/b15-11+,16-12+/t21-,22-/m1/s1. The van der Waals surface area contributed by atoms with Crippen LogP contribution in [0.4, 0.5) is 19.2 Å². The van der Waals surface area contributed by atoms with Crippen LogP contribution in [0, 0.1) is 0 Å². The predicted molar refractivity (Wildman–Crippen MR) is 161 cm³/mol. The molecule has 2 aromatic carbocycles. The van der Waals surface area contributed by atoms with Crippen LogP contribution in [0.2, 0.25) is 0 Å². The molecule has 2 atom stereocenters. The lowest BCUT2D eigenvalue weighted by Crippen LogP contribution is -2.37. The minimum absolute atomic E-state index is 0.132. The molecule has 0 spiro atoms. The molecule has 0 bridgehead atoms. The molecule has 0 amide bonds. The second-order valence-corrected chi connectivity index (χ2v) is 9.54. The number of hydrogen-bond acceptors (Lipinski definition) is 16. The highest BCUT2D eigenvalue weighted by atomic mass is 16.8. The smallest absolute Gasteiger partial charge is 0.455 e. The van der Waals surface area contributed by atoms with Gasteiger partial charge in [-0.2, -0.15) is 0 Å². The molecule has 0 aromatic heterocycles. The molecule has 1 aliphatic carbocycles. The van der Waals surface area contributed by atoms with Gasteiger partial charge in [0.05, 0.1) is 28.4 Å². The summed E-state index contributed by atoms with van der Waals surface area (Å²) in [6.45, 7) is 0. The van der Waals surface area contributed by atoms with Gasteiger partial charge in [-0.3, -0.25) is 0 Å². The van der Waals surface area contributed by atoms with Crippen molar-refractivity contribution in [2.75, 3.05) is 28.4 Å². The number of carbonyl (C=O) groups excluding carboxylic acids is 6. The molecule has 48 heavy (non-hydrogen) atoms. The van der Waals surface area contributed by atoms with Crippen molar-refractivity contribution >= 4 is 48.7 Å². The maximum absolute atomic E-state index is 12.7. The van der Waals surface area contributed by atoms with Crippen LogP contribution in [0.1, 0.15) is 36.8 Å². The minimum atomic E-state index is -1.07. The summed E-state index contributed by atoms with van der Waals surface area (Å²) in [7, 11) is 4.40. The summed E-state index contributed by atoms with van der Waals surface area (Å²) >= 11 is 0. The first-order valence-corrected chi connectivity index (χ1v) is 14.1. The Labute approximate surface area is 274 Å². The Bertz CT molecular complexity index is 1440. The number of carbonyl (C=O) groups is 6. The van der Waals surface area contributed by atoms with E-state index in [1.807, 2.05) is 0 Å². The average molecular weight is 673 g/mol. The fraction of sp³-hybridized carbons (Fsp3) is 0.312. The van der Waals surface area contributed by atoms with E-state index >= 15 is 0 Å². The van der Waals surface area contributed by atoms with Crippen LogP contribution in [-0.2, 0) is 38.0 Å². The van der Waals surface area contributed by atoms with Gasteiger partial charge in [-0.25, -0.2) is 28.8 Å². The van der Waals surface area contributed by atoms with E-state index < -0.39 is 48.8 Å². The second kappa shape index (κ2) is 18.2. The molecule has 0 unspecified atom stereocenters. The number of methoxy groups -OCH3 is 4. The predicted octanol–water partition coefficient (Wildman–Crippen LogP) is 5.39. The first-order valence-electron chi connectivity index (χ1n) is 14.1. The molecule has 1 fully saturated rings. The third-order valence-corrected chi connectivity index (χ3v) is 6.38. The first kappa shape index (κ1) is 36.4. The van der Waals surface area contributed by atoms with Gasteiger partial charge in [0.15, 0.2) is 23.0 Å². The average Bonchev–Trinajstić information content (AvgIpc) is 3.08. The molecule has 1 aliphatic rings. The zero-order valence-electron chi connectivity index (χ0n) is 26.3. The van der Waals surface area contributed by atoms with Crippen molar-refractivity contribution in [2.24, 2.45) is 0 Å². The summed E-state index contributed by atoms with van der Waals surface area (Å²) < 4.78 is 48.9. The fourth-order valence-electron chi connectivity index (χ4n) is 4.15. The molecular formula is C32H32O16. The van der Waals surface area contributed by atoms with Crippen LogP contribution in [-0.4, -0.2) is 77.2 Å². The van der Waals surface area contributed by atoms with Crippen LogP contribution in [0.15, 0.2) is 48.6 Å². The molecule has 1 saturated carbocycles. The van der Waals surface area contributed by atoms with Gasteiger partial charge in [0, 0.05) is 12.2 Å². The largest absolute Gasteiger partial charge is 0.513 e. The maximum Gasteiger partial charge on any atom is 0.513 e. The lowest BCUT2D eigenvalue weighted by atomic mass is 9.94. The Morgan fingerprint density at radius 2 is 0.854 bits per heavy atom. The van der Waals surface area contributed by atoms with Gasteiger partial charge in [0.25, 0.3) is 0 Å². The SMILES string of the molecule is COC(=O)Oc1ccc(/C=C/C(=O)O[C@@H]2CCCC[C@H]2OC(=O)/C=C/c2ccc(OC(=O)OC)c(OC(=O)OC)c2)cc1OC(=O)OC. The lowest BCUT2D eigenvalue weighted by Gasteiger charge is -2.30. The van der Waals surface area contributed by atoms with Gasteiger partial charge in [-0.15, -0.1) is 0 Å². The van der Waals surface area contributed by atoms with Crippen molar-refractivity contribution in [1.82, 2.24) is 0 Å². The summed E-state index contributed by atoms with van der Waals surface area (Å²) in [6, 6.07) is 8.24. The highest BCUT2D eigenvalue weighted by Gasteiger charge is 2.30. The van der Waals surface area contributed by atoms with E-state index in [-0.39, 0.29) is 23.0 Å². The van der Waals surface area contributed by atoms with Crippen LogP contribution < -0.4 is 18.9 Å². The minimum Gasteiger partial charge on any atom is -0.455 e. The molecule has 16 nitrogen and oxygen atoms in total.